The van der Waals surface area contributed by atoms with Gasteiger partial charge in [0.25, 0.3) is 0 Å². The van der Waals surface area contributed by atoms with Crippen molar-refractivity contribution in [3.63, 3.8) is 0 Å². The summed E-state index contributed by atoms with van der Waals surface area (Å²) in [6.07, 6.45) is -10.5. The van der Waals surface area contributed by atoms with Gasteiger partial charge in [-0.3, -0.25) is 0 Å². The van der Waals surface area contributed by atoms with Crippen molar-refractivity contribution in [2.24, 2.45) is 0 Å². The van der Waals surface area contributed by atoms with E-state index < -0.39 is 47.0 Å². The van der Waals surface area contributed by atoms with Crippen molar-refractivity contribution in [1.29, 1.82) is 0 Å². The molecule has 0 spiro atoms. The van der Waals surface area contributed by atoms with E-state index in [1.54, 1.807) is 0 Å². The molecule has 1 rings (SSSR count). The standard InChI is InChI=1S/C12H8F6O2/c1-6(10(19)20)2-7-3-8(11(13,14)15)5-9(4-7)12(16,17)18/h3-5H,1-2H2,(H,19,20). The van der Waals surface area contributed by atoms with Crippen molar-refractivity contribution < 1.29 is 36.2 Å². The number of carbonyl (C=O) groups is 1. The van der Waals surface area contributed by atoms with Gasteiger partial charge in [0.1, 0.15) is 0 Å². The average Bonchev–Trinajstić information content (AvgIpc) is 2.26. The van der Waals surface area contributed by atoms with E-state index in [1.807, 2.05) is 0 Å². The molecule has 0 fully saturated rings. The minimum atomic E-state index is -4.96. The topological polar surface area (TPSA) is 37.3 Å². The summed E-state index contributed by atoms with van der Waals surface area (Å²) in [6.45, 7) is 3.07. The fraction of sp³-hybridized carbons (Fsp3) is 0.250. The fourth-order valence-electron chi connectivity index (χ4n) is 1.44. The molecule has 20 heavy (non-hydrogen) atoms. The van der Waals surface area contributed by atoms with Gasteiger partial charge in [0.05, 0.1) is 11.1 Å². The first-order valence-electron chi connectivity index (χ1n) is 5.10. The molecule has 0 radical (unpaired) electrons. The van der Waals surface area contributed by atoms with Crippen LogP contribution in [0.5, 0.6) is 0 Å². The molecule has 1 aromatic carbocycles. The third-order valence-electron chi connectivity index (χ3n) is 2.37. The highest BCUT2D eigenvalue weighted by Crippen LogP contribution is 2.36. The average molecular weight is 298 g/mol. The predicted octanol–water partition coefficient (Wildman–Crippen LogP) is 3.91. The summed E-state index contributed by atoms with van der Waals surface area (Å²) in [7, 11) is 0. The van der Waals surface area contributed by atoms with Crippen LogP contribution in [0.25, 0.3) is 0 Å². The molecular formula is C12H8F6O2. The molecule has 0 saturated heterocycles. The highest BCUT2D eigenvalue weighted by molar-refractivity contribution is 5.86. The summed E-state index contributed by atoms with van der Waals surface area (Å²) in [5.41, 5.74) is -3.89. The molecule has 0 bridgehead atoms. The molecule has 0 unspecified atom stereocenters. The maximum Gasteiger partial charge on any atom is 0.416 e. The zero-order chi connectivity index (χ0) is 15.7. The first-order chi connectivity index (χ1) is 8.91. The summed E-state index contributed by atoms with van der Waals surface area (Å²) in [4.78, 5) is 10.5. The highest BCUT2D eigenvalue weighted by Gasteiger charge is 2.36. The Morgan fingerprint density at radius 1 is 1.00 bits per heavy atom. The summed E-state index contributed by atoms with van der Waals surface area (Å²) in [6, 6.07) is 0.930. The lowest BCUT2D eigenvalue weighted by molar-refractivity contribution is -0.143. The molecule has 1 N–H and O–H groups in total. The van der Waals surface area contributed by atoms with Crippen LogP contribution in [0.4, 0.5) is 26.3 Å². The second-order valence-corrected chi connectivity index (χ2v) is 4.00. The van der Waals surface area contributed by atoms with Crippen LogP contribution in [-0.2, 0) is 23.6 Å². The molecule has 0 amide bonds. The molecule has 1 aromatic rings. The molecule has 0 aliphatic heterocycles. The van der Waals surface area contributed by atoms with E-state index in [2.05, 4.69) is 6.58 Å². The molecule has 0 heterocycles. The monoisotopic (exact) mass is 298 g/mol. The number of alkyl halides is 6. The Balaban J connectivity index is 3.31. The van der Waals surface area contributed by atoms with Crippen molar-refractivity contribution in [3.05, 3.63) is 47.0 Å². The molecule has 0 saturated carbocycles. The second-order valence-electron chi connectivity index (χ2n) is 4.00. The summed E-state index contributed by atoms with van der Waals surface area (Å²) < 4.78 is 75.2. The summed E-state index contributed by atoms with van der Waals surface area (Å²) in [5.74, 6) is -1.49. The van der Waals surface area contributed by atoms with Crippen LogP contribution in [-0.4, -0.2) is 11.1 Å². The van der Waals surface area contributed by atoms with Crippen LogP contribution in [0.2, 0.25) is 0 Å². The Morgan fingerprint density at radius 3 is 1.70 bits per heavy atom. The minimum Gasteiger partial charge on any atom is -0.478 e. The summed E-state index contributed by atoms with van der Waals surface area (Å²) >= 11 is 0. The van der Waals surface area contributed by atoms with Crippen LogP contribution >= 0.6 is 0 Å². The van der Waals surface area contributed by atoms with Crippen LogP contribution in [0.3, 0.4) is 0 Å². The lowest BCUT2D eigenvalue weighted by Gasteiger charge is -2.14. The molecule has 0 aromatic heterocycles. The SMILES string of the molecule is C=C(Cc1cc(C(F)(F)F)cc(C(F)(F)F)c1)C(=O)O. The molecule has 110 valence electrons. The largest absolute Gasteiger partial charge is 0.478 e. The van der Waals surface area contributed by atoms with Gasteiger partial charge in [-0.15, -0.1) is 0 Å². The lowest BCUT2D eigenvalue weighted by Crippen LogP contribution is -2.12. The van der Waals surface area contributed by atoms with Crippen LogP contribution in [0.15, 0.2) is 30.4 Å². The van der Waals surface area contributed by atoms with Gasteiger partial charge in [-0.1, -0.05) is 6.58 Å². The molecule has 2 nitrogen and oxygen atoms in total. The van der Waals surface area contributed by atoms with Crippen LogP contribution < -0.4 is 0 Å². The van der Waals surface area contributed by atoms with E-state index in [0.717, 1.165) is 0 Å². The van der Waals surface area contributed by atoms with Crippen molar-refractivity contribution in [2.75, 3.05) is 0 Å². The van der Waals surface area contributed by atoms with E-state index >= 15 is 0 Å². The number of carboxylic acid groups (broad SMARTS) is 1. The number of rotatable bonds is 3. The quantitative estimate of drug-likeness (QED) is 0.678. The summed E-state index contributed by atoms with van der Waals surface area (Å²) in [5, 5.41) is 8.56. The Morgan fingerprint density at radius 2 is 1.40 bits per heavy atom. The van der Waals surface area contributed by atoms with E-state index in [4.69, 9.17) is 5.11 Å². The first-order valence-corrected chi connectivity index (χ1v) is 5.10. The van der Waals surface area contributed by atoms with E-state index in [-0.39, 0.29) is 6.07 Å². The van der Waals surface area contributed by atoms with E-state index in [0.29, 0.717) is 12.1 Å². The smallest absolute Gasteiger partial charge is 0.416 e. The zero-order valence-electron chi connectivity index (χ0n) is 9.77. The third kappa shape index (κ3) is 4.01. The van der Waals surface area contributed by atoms with Gasteiger partial charge in [0, 0.05) is 12.0 Å². The van der Waals surface area contributed by atoms with Gasteiger partial charge in [-0.25, -0.2) is 4.79 Å². The van der Waals surface area contributed by atoms with Crippen molar-refractivity contribution in [1.82, 2.24) is 0 Å². The van der Waals surface area contributed by atoms with Crippen molar-refractivity contribution in [3.8, 4) is 0 Å². The molecule has 0 aliphatic rings. The Kier molecular flexibility index (Phi) is 4.16. The predicted molar refractivity (Wildman–Crippen MR) is 56.9 cm³/mol. The molecular weight excluding hydrogens is 290 g/mol. The molecule has 8 heteroatoms. The number of hydrogen-bond acceptors (Lipinski definition) is 1. The lowest BCUT2D eigenvalue weighted by atomic mass is 10.00. The van der Waals surface area contributed by atoms with Gasteiger partial charge < -0.3 is 5.11 Å². The van der Waals surface area contributed by atoms with Gasteiger partial charge in [0.2, 0.25) is 0 Å². The van der Waals surface area contributed by atoms with E-state index in [1.165, 1.54) is 0 Å². The third-order valence-corrected chi connectivity index (χ3v) is 2.37. The Labute approximate surface area is 109 Å². The molecule has 0 aliphatic carbocycles. The number of aliphatic carboxylic acids is 1. The van der Waals surface area contributed by atoms with Gasteiger partial charge >= 0.3 is 18.3 Å². The maximum atomic E-state index is 12.5. The Bertz CT molecular complexity index is 510. The first kappa shape index (κ1) is 16.1. The number of carboxylic acids is 1. The zero-order valence-corrected chi connectivity index (χ0v) is 9.77. The van der Waals surface area contributed by atoms with Crippen molar-refractivity contribution in [2.45, 2.75) is 18.8 Å². The fourth-order valence-corrected chi connectivity index (χ4v) is 1.44. The van der Waals surface area contributed by atoms with E-state index in [9.17, 15) is 31.1 Å². The van der Waals surface area contributed by atoms with Crippen LogP contribution in [0.1, 0.15) is 16.7 Å². The molecule has 0 atom stereocenters. The Hall–Kier alpha value is -1.99. The van der Waals surface area contributed by atoms with Crippen LogP contribution in [0, 0.1) is 0 Å². The number of benzene rings is 1. The number of halogens is 6. The number of hydrogen-bond donors (Lipinski definition) is 1. The second kappa shape index (κ2) is 5.18. The highest BCUT2D eigenvalue weighted by atomic mass is 19.4. The normalized spacial score (nSPS) is 12.3. The maximum absolute atomic E-state index is 12.5. The van der Waals surface area contributed by atoms with Gasteiger partial charge in [-0.05, 0) is 23.8 Å². The minimum absolute atomic E-state index is 0.0208. The van der Waals surface area contributed by atoms with Crippen molar-refractivity contribution >= 4 is 5.97 Å². The van der Waals surface area contributed by atoms with Gasteiger partial charge in [0.15, 0.2) is 0 Å². The van der Waals surface area contributed by atoms with Gasteiger partial charge in [-0.2, -0.15) is 26.3 Å².